The molecule has 0 atom stereocenters. The Morgan fingerprint density at radius 3 is 2.75 bits per heavy atom. The van der Waals surface area contributed by atoms with Gasteiger partial charge in [0.1, 0.15) is 0 Å². The maximum absolute atomic E-state index is 12.1. The average Bonchev–Trinajstić information content (AvgIpc) is 2.46. The molecule has 20 heavy (non-hydrogen) atoms. The Kier molecular flexibility index (Phi) is 2.99. The summed E-state index contributed by atoms with van der Waals surface area (Å²) in [4.78, 5) is 16.3. The van der Waals surface area contributed by atoms with Gasteiger partial charge in [-0.15, -0.1) is 0 Å². The van der Waals surface area contributed by atoms with Gasteiger partial charge in [-0.1, -0.05) is 18.2 Å². The second-order valence-electron chi connectivity index (χ2n) is 4.83. The van der Waals surface area contributed by atoms with Crippen molar-refractivity contribution in [3.63, 3.8) is 0 Å². The van der Waals surface area contributed by atoms with E-state index in [0.29, 0.717) is 10.9 Å². The number of rotatable bonds is 2. The van der Waals surface area contributed by atoms with Gasteiger partial charge >= 0.3 is 0 Å². The van der Waals surface area contributed by atoms with Gasteiger partial charge < -0.3 is 9.88 Å². The molecule has 0 amide bonds. The van der Waals surface area contributed by atoms with Crippen molar-refractivity contribution in [2.75, 3.05) is 5.32 Å². The normalized spacial score (nSPS) is 10.7. The summed E-state index contributed by atoms with van der Waals surface area (Å²) in [6.07, 6.45) is 1.54. The van der Waals surface area contributed by atoms with Crippen molar-refractivity contribution >= 4 is 22.3 Å². The molecule has 0 radical (unpaired) electrons. The smallest absolute Gasteiger partial charge is 0.260 e. The first-order chi connectivity index (χ1) is 9.65. The van der Waals surface area contributed by atoms with E-state index in [2.05, 4.69) is 10.3 Å². The molecule has 3 aromatic rings. The van der Waals surface area contributed by atoms with E-state index in [1.807, 2.05) is 49.4 Å². The van der Waals surface area contributed by atoms with Crippen molar-refractivity contribution in [3.05, 3.63) is 64.7 Å². The highest BCUT2D eigenvalue weighted by Crippen LogP contribution is 2.21. The summed E-state index contributed by atoms with van der Waals surface area (Å²) >= 11 is 0. The van der Waals surface area contributed by atoms with Crippen molar-refractivity contribution in [3.8, 4) is 0 Å². The molecule has 0 spiro atoms. The van der Waals surface area contributed by atoms with E-state index in [1.165, 1.54) is 4.57 Å². The number of nitrogens with one attached hydrogen (secondary N) is 1. The van der Waals surface area contributed by atoms with Crippen LogP contribution in [0.5, 0.6) is 0 Å². The van der Waals surface area contributed by atoms with Crippen molar-refractivity contribution < 1.29 is 0 Å². The second-order valence-corrected chi connectivity index (χ2v) is 4.83. The topological polar surface area (TPSA) is 46.9 Å². The summed E-state index contributed by atoms with van der Waals surface area (Å²) in [7, 11) is 1.70. The first kappa shape index (κ1) is 12.4. The molecule has 0 saturated heterocycles. The second kappa shape index (κ2) is 4.81. The van der Waals surface area contributed by atoms with Crippen LogP contribution in [0.25, 0.3) is 10.9 Å². The monoisotopic (exact) mass is 265 g/mol. The third kappa shape index (κ3) is 2.16. The highest BCUT2D eigenvalue weighted by atomic mass is 16.1. The Hall–Kier alpha value is -2.62. The molecular formula is C16H15N3O. The van der Waals surface area contributed by atoms with Gasteiger partial charge in [0.05, 0.1) is 17.2 Å². The number of hydrogen-bond acceptors (Lipinski definition) is 3. The van der Waals surface area contributed by atoms with E-state index in [4.69, 9.17) is 0 Å². The first-order valence-corrected chi connectivity index (χ1v) is 6.43. The quantitative estimate of drug-likeness (QED) is 0.775. The summed E-state index contributed by atoms with van der Waals surface area (Å²) in [6, 6.07) is 13.7. The SMILES string of the molecule is Cc1ccccc1Nc1ccc2ncn(C)c(=O)c2c1. The number of benzene rings is 2. The first-order valence-electron chi connectivity index (χ1n) is 6.43. The van der Waals surface area contributed by atoms with E-state index in [-0.39, 0.29) is 5.56 Å². The lowest BCUT2D eigenvalue weighted by Gasteiger charge is -2.10. The molecule has 1 aromatic heterocycles. The van der Waals surface area contributed by atoms with Gasteiger partial charge in [0.15, 0.2) is 0 Å². The number of fused-ring (bicyclic) bond motifs is 1. The third-order valence-electron chi connectivity index (χ3n) is 3.34. The number of anilines is 2. The van der Waals surface area contributed by atoms with Crippen LogP contribution in [0.1, 0.15) is 5.56 Å². The van der Waals surface area contributed by atoms with Crippen molar-refractivity contribution in [1.29, 1.82) is 0 Å². The van der Waals surface area contributed by atoms with E-state index < -0.39 is 0 Å². The molecule has 0 aliphatic carbocycles. The summed E-state index contributed by atoms with van der Waals surface area (Å²) in [5, 5.41) is 3.95. The Morgan fingerprint density at radius 2 is 1.95 bits per heavy atom. The van der Waals surface area contributed by atoms with Gasteiger partial charge in [-0.2, -0.15) is 0 Å². The molecule has 0 unspecified atom stereocenters. The molecule has 0 bridgehead atoms. The van der Waals surface area contributed by atoms with Crippen LogP contribution in [0.2, 0.25) is 0 Å². The fraction of sp³-hybridized carbons (Fsp3) is 0.125. The number of para-hydroxylation sites is 1. The van der Waals surface area contributed by atoms with Gasteiger partial charge in [-0.3, -0.25) is 4.79 Å². The summed E-state index contributed by atoms with van der Waals surface area (Å²) in [5.41, 5.74) is 3.75. The maximum Gasteiger partial charge on any atom is 0.260 e. The molecule has 4 heteroatoms. The summed E-state index contributed by atoms with van der Waals surface area (Å²) in [5.74, 6) is 0. The molecule has 1 N–H and O–H groups in total. The van der Waals surface area contributed by atoms with Crippen molar-refractivity contribution in [1.82, 2.24) is 9.55 Å². The Balaban J connectivity index is 2.07. The molecule has 0 fully saturated rings. The minimum Gasteiger partial charge on any atom is -0.355 e. The minimum absolute atomic E-state index is 0.0385. The molecule has 4 nitrogen and oxygen atoms in total. The van der Waals surface area contributed by atoms with Gasteiger partial charge in [0, 0.05) is 18.4 Å². The van der Waals surface area contributed by atoms with Crippen molar-refractivity contribution in [2.45, 2.75) is 6.92 Å². The zero-order chi connectivity index (χ0) is 14.1. The van der Waals surface area contributed by atoms with Crippen LogP contribution in [0, 0.1) is 6.92 Å². The van der Waals surface area contributed by atoms with Crippen LogP contribution < -0.4 is 10.9 Å². The van der Waals surface area contributed by atoms with Crippen LogP contribution >= 0.6 is 0 Å². The largest absolute Gasteiger partial charge is 0.355 e. The molecule has 1 heterocycles. The predicted octanol–water partition coefficient (Wildman–Crippen LogP) is 2.99. The average molecular weight is 265 g/mol. The van der Waals surface area contributed by atoms with Crippen molar-refractivity contribution in [2.24, 2.45) is 7.05 Å². The van der Waals surface area contributed by atoms with Gasteiger partial charge in [0.2, 0.25) is 0 Å². The van der Waals surface area contributed by atoms with Crippen LogP contribution in [-0.2, 0) is 7.05 Å². The lowest BCUT2D eigenvalue weighted by Crippen LogP contribution is -2.16. The van der Waals surface area contributed by atoms with Crippen LogP contribution in [0.3, 0.4) is 0 Å². The van der Waals surface area contributed by atoms with Crippen LogP contribution in [-0.4, -0.2) is 9.55 Å². The minimum atomic E-state index is -0.0385. The Morgan fingerprint density at radius 1 is 1.15 bits per heavy atom. The number of aromatic nitrogens is 2. The van der Waals surface area contributed by atoms with Gasteiger partial charge in [-0.25, -0.2) is 4.98 Å². The Bertz CT molecular complexity index is 836. The van der Waals surface area contributed by atoms with Crippen LogP contribution in [0.4, 0.5) is 11.4 Å². The molecule has 0 saturated carbocycles. The van der Waals surface area contributed by atoms with Gasteiger partial charge in [-0.05, 0) is 36.8 Å². The number of nitrogens with zero attached hydrogens (tertiary/aromatic N) is 2. The van der Waals surface area contributed by atoms with E-state index in [0.717, 1.165) is 16.9 Å². The van der Waals surface area contributed by atoms with E-state index in [1.54, 1.807) is 13.4 Å². The summed E-state index contributed by atoms with van der Waals surface area (Å²) in [6.45, 7) is 2.05. The highest BCUT2D eigenvalue weighted by molar-refractivity contribution is 5.82. The predicted molar refractivity (Wildman–Crippen MR) is 81.4 cm³/mol. The molecular weight excluding hydrogens is 250 g/mol. The van der Waals surface area contributed by atoms with E-state index >= 15 is 0 Å². The molecule has 3 rings (SSSR count). The van der Waals surface area contributed by atoms with Crippen LogP contribution in [0.15, 0.2) is 53.6 Å². The Labute approximate surface area is 116 Å². The van der Waals surface area contributed by atoms with E-state index in [9.17, 15) is 4.79 Å². The maximum atomic E-state index is 12.1. The van der Waals surface area contributed by atoms with Gasteiger partial charge in [0.25, 0.3) is 5.56 Å². The zero-order valence-electron chi connectivity index (χ0n) is 11.4. The fourth-order valence-electron chi connectivity index (χ4n) is 2.16. The number of aryl methyl sites for hydroxylation is 2. The molecule has 100 valence electrons. The zero-order valence-corrected chi connectivity index (χ0v) is 11.4. The molecule has 0 aliphatic rings. The molecule has 2 aromatic carbocycles. The summed E-state index contributed by atoms with van der Waals surface area (Å²) < 4.78 is 1.49. The highest BCUT2D eigenvalue weighted by Gasteiger charge is 2.04. The lowest BCUT2D eigenvalue weighted by atomic mass is 10.1. The molecule has 0 aliphatic heterocycles. The number of hydrogen-bond donors (Lipinski definition) is 1. The lowest BCUT2D eigenvalue weighted by molar-refractivity contribution is 0.843. The fourth-order valence-corrected chi connectivity index (χ4v) is 2.16. The standard InChI is InChI=1S/C16H15N3O/c1-11-5-3-4-6-14(11)18-12-7-8-15-13(9-12)16(20)19(2)10-17-15/h3-10,18H,1-2H3. The third-order valence-corrected chi connectivity index (χ3v) is 3.34.